The molecule has 8 nitrogen and oxygen atoms in total. The molecular weight excluding hydrogens is 503 g/mol. The maximum atomic E-state index is 9.92. The van der Waals surface area contributed by atoms with E-state index in [1.54, 1.807) is 48.5 Å². The molecule has 0 saturated heterocycles. The lowest BCUT2D eigenvalue weighted by Gasteiger charge is -2.11. The topological polar surface area (TPSA) is 108 Å². The van der Waals surface area contributed by atoms with Crippen LogP contribution >= 0.6 is 23.2 Å². The molecule has 4 aromatic rings. The Balaban J connectivity index is 1.38. The van der Waals surface area contributed by atoms with Gasteiger partial charge in [-0.25, -0.2) is 0 Å². The molecule has 0 spiro atoms. The number of ether oxygens (including phenoxy) is 2. The van der Waals surface area contributed by atoms with E-state index in [0.29, 0.717) is 32.9 Å². The third-order valence-corrected chi connectivity index (χ3v) is 5.21. The molecule has 0 aliphatic heterocycles. The maximum absolute atomic E-state index is 9.92. The van der Waals surface area contributed by atoms with Crippen LogP contribution in [0, 0.1) is 0 Å². The minimum absolute atomic E-state index is 0.0312. The van der Waals surface area contributed by atoms with Crippen LogP contribution in [-0.4, -0.2) is 23.4 Å². The van der Waals surface area contributed by atoms with Crippen LogP contribution in [0.3, 0.4) is 0 Å². The second-order valence-electron chi connectivity index (χ2n) is 7.30. The van der Waals surface area contributed by atoms with Crippen LogP contribution in [0.2, 0.25) is 10.0 Å². The first-order valence-electron chi connectivity index (χ1n) is 10.7. The van der Waals surface area contributed by atoms with E-state index in [2.05, 4.69) is 20.5 Å². The fraction of sp³-hybridized carbons (Fsp3) is 0.0769. The predicted molar refractivity (Wildman–Crippen MR) is 138 cm³/mol. The number of phenols is 2. The van der Waals surface area contributed by atoms with Crippen molar-refractivity contribution >= 4 is 46.0 Å². The zero-order chi connectivity index (χ0) is 25.3. The van der Waals surface area contributed by atoms with Gasteiger partial charge in [0.2, 0.25) is 0 Å². The van der Waals surface area contributed by atoms with Gasteiger partial charge in [0, 0.05) is 10.0 Å². The average Bonchev–Trinajstić information content (AvgIpc) is 2.89. The average molecular weight is 523 g/mol. The molecule has 0 bridgehead atoms. The zero-order valence-electron chi connectivity index (χ0n) is 18.8. The quantitative estimate of drug-likeness (QED) is 0.169. The van der Waals surface area contributed by atoms with Crippen molar-refractivity contribution in [2.45, 2.75) is 0 Å². The van der Waals surface area contributed by atoms with Gasteiger partial charge in [0.05, 0.1) is 0 Å². The number of hydrogen-bond donors (Lipinski definition) is 2. The summed E-state index contributed by atoms with van der Waals surface area (Å²) in [7, 11) is 0. The fourth-order valence-corrected chi connectivity index (χ4v) is 3.33. The molecule has 10 heteroatoms. The molecule has 0 aliphatic carbocycles. The molecule has 4 rings (SSSR count). The Morgan fingerprint density at radius 2 is 0.917 bits per heavy atom. The van der Waals surface area contributed by atoms with Crippen molar-refractivity contribution in [2.24, 2.45) is 20.5 Å². The van der Waals surface area contributed by atoms with Crippen LogP contribution in [-0.2, 0) is 0 Å². The van der Waals surface area contributed by atoms with Crippen molar-refractivity contribution in [3.05, 3.63) is 95.0 Å². The number of phenolic OH excluding ortho intramolecular Hbond substituents is 2. The summed E-state index contributed by atoms with van der Waals surface area (Å²) in [6.45, 7) is 0.436. The number of nitrogens with zero attached hydrogens (tertiary/aromatic N) is 4. The van der Waals surface area contributed by atoms with Crippen molar-refractivity contribution in [1.29, 1.82) is 0 Å². The van der Waals surface area contributed by atoms with E-state index in [4.69, 9.17) is 32.7 Å². The maximum Gasteiger partial charge on any atom is 0.146 e. The predicted octanol–water partition coefficient (Wildman–Crippen LogP) is 8.69. The van der Waals surface area contributed by atoms with E-state index in [1.165, 1.54) is 24.3 Å². The number of hydrogen-bond acceptors (Lipinski definition) is 8. The fourth-order valence-electron chi connectivity index (χ4n) is 3.00. The van der Waals surface area contributed by atoms with Gasteiger partial charge in [-0.15, -0.1) is 20.5 Å². The Labute approximate surface area is 217 Å². The summed E-state index contributed by atoms with van der Waals surface area (Å²) in [5.74, 6) is 0.930. The largest absolute Gasteiger partial charge is 0.506 e. The van der Waals surface area contributed by atoms with Crippen LogP contribution in [0.4, 0.5) is 22.7 Å². The highest BCUT2D eigenvalue weighted by molar-refractivity contribution is 6.31. The Hall–Kier alpha value is -4.14. The molecule has 0 radical (unpaired) electrons. The lowest BCUT2D eigenvalue weighted by molar-refractivity contribution is 0.218. The first-order chi connectivity index (χ1) is 17.5. The van der Waals surface area contributed by atoms with Gasteiger partial charge in [-0.3, -0.25) is 0 Å². The molecule has 0 atom stereocenters. The minimum Gasteiger partial charge on any atom is -0.506 e. The number of rotatable bonds is 9. The zero-order valence-corrected chi connectivity index (χ0v) is 20.3. The van der Waals surface area contributed by atoms with Gasteiger partial charge in [0.1, 0.15) is 59.0 Å². The van der Waals surface area contributed by atoms with E-state index < -0.39 is 0 Å². The second-order valence-corrected chi connectivity index (χ2v) is 8.17. The van der Waals surface area contributed by atoms with Gasteiger partial charge in [-0.1, -0.05) is 47.5 Å². The van der Waals surface area contributed by atoms with Gasteiger partial charge in [-0.05, 0) is 60.7 Å². The van der Waals surface area contributed by atoms with Crippen molar-refractivity contribution in [3.8, 4) is 23.0 Å². The Kier molecular flexibility index (Phi) is 8.33. The number of para-hydroxylation sites is 2. The van der Waals surface area contributed by atoms with Crippen LogP contribution < -0.4 is 9.47 Å². The van der Waals surface area contributed by atoms with E-state index in [0.717, 1.165) is 0 Å². The number of azo groups is 2. The summed E-state index contributed by atoms with van der Waals surface area (Å²) in [5, 5.41) is 37.2. The number of aromatic hydroxyl groups is 2. The molecule has 36 heavy (non-hydrogen) atoms. The normalized spacial score (nSPS) is 11.3. The Morgan fingerprint density at radius 1 is 0.528 bits per heavy atom. The van der Waals surface area contributed by atoms with E-state index in [-0.39, 0.29) is 36.1 Å². The van der Waals surface area contributed by atoms with Crippen LogP contribution in [0.1, 0.15) is 0 Å². The van der Waals surface area contributed by atoms with Gasteiger partial charge in [-0.2, -0.15) is 0 Å². The molecule has 0 heterocycles. The molecule has 0 amide bonds. The smallest absolute Gasteiger partial charge is 0.146 e. The Bertz CT molecular complexity index is 1310. The second kappa shape index (κ2) is 12.0. The third-order valence-electron chi connectivity index (χ3n) is 4.73. The standard InChI is InChI=1S/C26H20Cl2N4O4/c27-17-9-11-23(33)21(15-17)31-29-19-5-1-3-7-25(19)35-13-14-36-26-8-4-2-6-20(26)30-32-22-16-18(28)10-12-24(22)34/h1-12,15-16,33-34H,13-14H2. The first-order valence-corrected chi connectivity index (χ1v) is 11.5. The van der Waals surface area contributed by atoms with Gasteiger partial charge in [0.15, 0.2) is 0 Å². The monoisotopic (exact) mass is 522 g/mol. The van der Waals surface area contributed by atoms with Gasteiger partial charge in [0.25, 0.3) is 0 Å². The highest BCUT2D eigenvalue weighted by Crippen LogP contribution is 2.35. The third kappa shape index (κ3) is 6.71. The van der Waals surface area contributed by atoms with E-state index in [9.17, 15) is 10.2 Å². The number of benzene rings is 4. The number of halogens is 2. The van der Waals surface area contributed by atoms with E-state index >= 15 is 0 Å². The van der Waals surface area contributed by atoms with Crippen LogP contribution in [0.5, 0.6) is 23.0 Å². The van der Waals surface area contributed by atoms with E-state index in [1.807, 2.05) is 12.1 Å². The molecule has 0 fully saturated rings. The van der Waals surface area contributed by atoms with Crippen molar-refractivity contribution in [2.75, 3.05) is 13.2 Å². The van der Waals surface area contributed by atoms with Gasteiger partial charge < -0.3 is 19.7 Å². The summed E-state index contributed by atoms with van der Waals surface area (Å²) in [6.07, 6.45) is 0. The molecule has 0 unspecified atom stereocenters. The molecule has 0 saturated carbocycles. The summed E-state index contributed by atoms with van der Waals surface area (Å²) in [5.41, 5.74) is 1.45. The highest BCUT2D eigenvalue weighted by atomic mass is 35.5. The SMILES string of the molecule is Oc1ccc(Cl)cc1N=Nc1ccccc1OCCOc1ccccc1N=Nc1cc(Cl)ccc1O. The summed E-state index contributed by atoms with van der Waals surface area (Å²) < 4.78 is 11.7. The van der Waals surface area contributed by atoms with Crippen molar-refractivity contribution < 1.29 is 19.7 Å². The summed E-state index contributed by atoms with van der Waals surface area (Å²) in [6, 6.07) is 23.3. The first kappa shape index (κ1) is 25.0. The van der Waals surface area contributed by atoms with Gasteiger partial charge >= 0.3 is 0 Å². The summed E-state index contributed by atoms with van der Waals surface area (Å²) >= 11 is 11.9. The lowest BCUT2D eigenvalue weighted by Crippen LogP contribution is -2.09. The van der Waals surface area contributed by atoms with Crippen molar-refractivity contribution in [1.82, 2.24) is 0 Å². The summed E-state index contributed by atoms with van der Waals surface area (Å²) in [4.78, 5) is 0. The Morgan fingerprint density at radius 3 is 1.36 bits per heavy atom. The van der Waals surface area contributed by atoms with Crippen molar-refractivity contribution in [3.63, 3.8) is 0 Å². The van der Waals surface area contributed by atoms with Crippen LogP contribution in [0.15, 0.2) is 105 Å². The molecule has 0 aliphatic rings. The molecule has 182 valence electrons. The molecule has 2 N–H and O–H groups in total. The highest BCUT2D eigenvalue weighted by Gasteiger charge is 2.07. The molecule has 0 aromatic heterocycles. The molecular formula is C26H20Cl2N4O4. The minimum atomic E-state index is -0.0312. The van der Waals surface area contributed by atoms with Crippen LogP contribution in [0.25, 0.3) is 0 Å². The molecule has 4 aromatic carbocycles. The lowest BCUT2D eigenvalue weighted by atomic mass is 10.3.